The van der Waals surface area contributed by atoms with Gasteiger partial charge in [-0.2, -0.15) is 0 Å². The fraction of sp³-hybridized carbons (Fsp3) is 0.100. The van der Waals surface area contributed by atoms with Crippen LogP contribution in [0.2, 0.25) is 0 Å². The highest BCUT2D eigenvalue weighted by Crippen LogP contribution is 2.24. The molecular weight excluding hydrogens is 351 g/mol. The third-order valence-electron chi connectivity index (χ3n) is 3.93. The van der Waals surface area contributed by atoms with E-state index in [1.165, 1.54) is 17.7 Å². The minimum absolute atomic E-state index is 0.0599. The lowest BCUT2D eigenvalue weighted by atomic mass is 10.1. The Kier molecular flexibility index (Phi) is 5.14. The second-order valence-corrected chi connectivity index (χ2v) is 6.29. The van der Waals surface area contributed by atoms with Gasteiger partial charge < -0.3 is 9.73 Å². The minimum atomic E-state index is -0.478. The van der Waals surface area contributed by atoms with Crippen LogP contribution >= 0.6 is 12.2 Å². The molecule has 0 atom stereocenters. The van der Waals surface area contributed by atoms with Crippen LogP contribution in [-0.4, -0.2) is 11.0 Å². The van der Waals surface area contributed by atoms with E-state index in [1.54, 1.807) is 24.3 Å². The minimum Gasteiger partial charge on any atom is -0.451 e. The number of hydrogen-bond acceptors (Lipinski definition) is 3. The van der Waals surface area contributed by atoms with E-state index in [0.717, 1.165) is 11.1 Å². The zero-order valence-corrected chi connectivity index (χ0v) is 15.1. The molecule has 0 bridgehead atoms. The average Bonchev–Trinajstić information content (AvgIpc) is 3.07. The Hall–Kier alpha value is -2.99. The third kappa shape index (κ3) is 4.15. The van der Waals surface area contributed by atoms with Crippen LogP contribution < -0.4 is 10.6 Å². The van der Waals surface area contributed by atoms with E-state index in [-0.39, 0.29) is 10.9 Å². The van der Waals surface area contributed by atoms with E-state index in [4.69, 9.17) is 16.6 Å². The smallest absolute Gasteiger partial charge is 0.293 e. The highest BCUT2D eigenvalue weighted by Gasteiger charge is 2.14. The first kappa shape index (κ1) is 17.8. The Bertz CT molecular complexity index is 981. The van der Waals surface area contributed by atoms with Crippen molar-refractivity contribution in [2.75, 3.05) is 5.32 Å². The van der Waals surface area contributed by atoms with Gasteiger partial charge in [0.2, 0.25) is 0 Å². The normalized spacial score (nSPS) is 10.4. The lowest BCUT2D eigenvalue weighted by Gasteiger charge is -2.08. The van der Waals surface area contributed by atoms with Gasteiger partial charge in [-0.3, -0.25) is 10.1 Å². The number of halogens is 1. The summed E-state index contributed by atoms with van der Waals surface area (Å²) in [6.45, 7) is 4.05. The molecule has 0 spiro atoms. The van der Waals surface area contributed by atoms with Crippen LogP contribution in [0, 0.1) is 19.7 Å². The molecule has 0 aliphatic heterocycles. The first-order valence-corrected chi connectivity index (χ1v) is 8.38. The molecule has 1 aromatic heterocycles. The molecule has 2 aromatic carbocycles. The molecule has 0 aliphatic rings. The van der Waals surface area contributed by atoms with Gasteiger partial charge >= 0.3 is 0 Å². The molecule has 0 saturated carbocycles. The van der Waals surface area contributed by atoms with E-state index in [1.807, 2.05) is 32.0 Å². The molecule has 26 heavy (non-hydrogen) atoms. The number of furan rings is 1. The summed E-state index contributed by atoms with van der Waals surface area (Å²) in [5.74, 6) is -0.133. The van der Waals surface area contributed by atoms with E-state index in [9.17, 15) is 9.18 Å². The summed E-state index contributed by atoms with van der Waals surface area (Å²) < 4.78 is 18.8. The van der Waals surface area contributed by atoms with Crippen molar-refractivity contribution in [1.29, 1.82) is 0 Å². The third-order valence-corrected chi connectivity index (χ3v) is 4.13. The highest BCUT2D eigenvalue weighted by atomic mass is 32.1. The summed E-state index contributed by atoms with van der Waals surface area (Å²) in [7, 11) is 0. The van der Waals surface area contributed by atoms with E-state index < -0.39 is 11.7 Å². The Morgan fingerprint density at radius 2 is 1.85 bits per heavy atom. The topological polar surface area (TPSA) is 54.3 Å². The summed E-state index contributed by atoms with van der Waals surface area (Å²) >= 11 is 5.08. The Morgan fingerprint density at radius 1 is 1.04 bits per heavy atom. The highest BCUT2D eigenvalue weighted by molar-refractivity contribution is 7.80. The number of anilines is 1. The van der Waals surface area contributed by atoms with Crippen LogP contribution in [0.1, 0.15) is 21.7 Å². The molecule has 0 saturated heterocycles. The summed E-state index contributed by atoms with van der Waals surface area (Å²) in [5.41, 5.74) is 3.68. The molecule has 0 unspecified atom stereocenters. The van der Waals surface area contributed by atoms with Crippen molar-refractivity contribution in [3.63, 3.8) is 0 Å². The Morgan fingerprint density at radius 3 is 2.58 bits per heavy atom. The van der Waals surface area contributed by atoms with Crippen molar-refractivity contribution in [3.8, 4) is 11.3 Å². The van der Waals surface area contributed by atoms with Gasteiger partial charge in [-0.1, -0.05) is 18.2 Å². The average molecular weight is 368 g/mol. The summed E-state index contributed by atoms with van der Waals surface area (Å²) in [5, 5.41) is 5.33. The van der Waals surface area contributed by atoms with Crippen LogP contribution in [0.15, 0.2) is 59.0 Å². The van der Waals surface area contributed by atoms with Gasteiger partial charge in [0, 0.05) is 11.3 Å². The lowest BCUT2D eigenvalue weighted by molar-refractivity contribution is 0.0951. The fourth-order valence-electron chi connectivity index (χ4n) is 2.40. The number of nitrogens with one attached hydrogen (secondary N) is 2. The monoisotopic (exact) mass is 368 g/mol. The number of amides is 1. The number of carbonyl (C=O) groups excluding carboxylic acids is 1. The number of thiocarbonyl (C=S) groups is 1. The molecule has 6 heteroatoms. The maximum Gasteiger partial charge on any atom is 0.293 e. The summed E-state index contributed by atoms with van der Waals surface area (Å²) in [6, 6.07) is 15.1. The number of rotatable bonds is 3. The lowest BCUT2D eigenvalue weighted by Crippen LogP contribution is -2.33. The summed E-state index contributed by atoms with van der Waals surface area (Å²) in [6.07, 6.45) is 0. The van der Waals surface area contributed by atoms with Gasteiger partial charge in [0.1, 0.15) is 11.6 Å². The molecule has 0 fully saturated rings. The van der Waals surface area contributed by atoms with Crippen LogP contribution in [-0.2, 0) is 0 Å². The van der Waals surface area contributed by atoms with E-state index in [0.29, 0.717) is 11.4 Å². The van der Waals surface area contributed by atoms with Crippen molar-refractivity contribution in [2.24, 2.45) is 0 Å². The van der Waals surface area contributed by atoms with Gasteiger partial charge in [-0.05, 0) is 73.6 Å². The van der Waals surface area contributed by atoms with Crippen LogP contribution in [0.5, 0.6) is 0 Å². The molecule has 3 rings (SSSR count). The van der Waals surface area contributed by atoms with Crippen molar-refractivity contribution in [3.05, 3.63) is 77.3 Å². The molecule has 4 nitrogen and oxygen atoms in total. The first-order chi connectivity index (χ1) is 12.4. The predicted octanol–water partition coefficient (Wildman–Crippen LogP) is 4.83. The van der Waals surface area contributed by atoms with Crippen LogP contribution in [0.3, 0.4) is 0 Å². The molecule has 1 heterocycles. The quantitative estimate of drug-likeness (QED) is 0.650. The molecule has 3 aromatic rings. The van der Waals surface area contributed by atoms with Crippen LogP contribution in [0.25, 0.3) is 11.3 Å². The van der Waals surface area contributed by atoms with Gasteiger partial charge in [-0.25, -0.2) is 4.39 Å². The number of benzene rings is 2. The zero-order chi connectivity index (χ0) is 18.7. The first-order valence-electron chi connectivity index (χ1n) is 7.98. The van der Waals surface area contributed by atoms with Crippen LogP contribution in [0.4, 0.5) is 10.1 Å². The van der Waals surface area contributed by atoms with Crippen molar-refractivity contribution in [1.82, 2.24) is 5.32 Å². The second-order valence-electron chi connectivity index (χ2n) is 5.88. The standard InChI is InChI=1S/C20H17FN2O2S/c1-12-6-7-14(10-13(12)2)17-8-9-18(25-17)19(24)23-20(26)22-16-5-3-4-15(21)11-16/h3-11H,1-2H3,(H2,22,23,24,26). The Balaban J connectivity index is 1.67. The van der Waals surface area contributed by atoms with Crippen molar-refractivity contribution >= 4 is 28.9 Å². The van der Waals surface area contributed by atoms with Crippen molar-refractivity contribution in [2.45, 2.75) is 13.8 Å². The number of aryl methyl sites for hydroxylation is 2. The van der Waals surface area contributed by atoms with Gasteiger partial charge in [0.15, 0.2) is 10.9 Å². The SMILES string of the molecule is Cc1ccc(-c2ccc(C(=O)NC(=S)Nc3cccc(F)c3)o2)cc1C. The number of hydrogen-bond donors (Lipinski definition) is 2. The molecule has 0 radical (unpaired) electrons. The maximum atomic E-state index is 13.2. The largest absolute Gasteiger partial charge is 0.451 e. The zero-order valence-electron chi connectivity index (χ0n) is 14.3. The molecular formula is C20H17FN2O2S. The van der Waals surface area contributed by atoms with E-state index in [2.05, 4.69) is 10.6 Å². The molecule has 1 amide bonds. The number of carbonyl (C=O) groups is 1. The van der Waals surface area contributed by atoms with Crippen molar-refractivity contribution < 1.29 is 13.6 Å². The van der Waals surface area contributed by atoms with Gasteiger partial charge in [-0.15, -0.1) is 0 Å². The molecule has 132 valence electrons. The fourth-order valence-corrected chi connectivity index (χ4v) is 2.61. The summed E-state index contributed by atoms with van der Waals surface area (Å²) in [4.78, 5) is 12.3. The predicted molar refractivity (Wildman–Crippen MR) is 104 cm³/mol. The van der Waals surface area contributed by atoms with Gasteiger partial charge in [0.05, 0.1) is 0 Å². The second kappa shape index (κ2) is 7.49. The Labute approximate surface area is 156 Å². The van der Waals surface area contributed by atoms with Gasteiger partial charge in [0.25, 0.3) is 5.91 Å². The molecule has 0 aliphatic carbocycles. The maximum absolute atomic E-state index is 13.2. The van der Waals surface area contributed by atoms with E-state index >= 15 is 0 Å². The molecule has 2 N–H and O–H groups in total.